The fraction of sp³-hybridized carbons (Fsp3) is 0.158. The number of aromatic nitrogens is 1. The highest BCUT2D eigenvalue weighted by atomic mass is 19.1. The van der Waals surface area contributed by atoms with Gasteiger partial charge in [0.15, 0.2) is 0 Å². The molecule has 3 rings (SSSR count). The number of benzene rings is 2. The van der Waals surface area contributed by atoms with Crippen LogP contribution in [-0.4, -0.2) is 10.9 Å². The summed E-state index contributed by atoms with van der Waals surface area (Å²) in [6.45, 7) is 1.75. The summed E-state index contributed by atoms with van der Waals surface area (Å²) in [4.78, 5) is 26.5. The molecule has 0 aliphatic rings. The second-order valence-corrected chi connectivity index (χ2v) is 5.76. The normalized spacial score (nSPS) is 10.8. The van der Waals surface area contributed by atoms with Crippen LogP contribution in [-0.2, 0) is 11.2 Å². The lowest BCUT2D eigenvalue weighted by atomic mass is 10.1. The molecule has 0 unspecified atom stereocenters. The lowest BCUT2D eigenvalue weighted by molar-refractivity contribution is -0.116. The van der Waals surface area contributed by atoms with Gasteiger partial charge in [-0.3, -0.25) is 9.59 Å². The Bertz CT molecular complexity index is 946. The van der Waals surface area contributed by atoms with Gasteiger partial charge in [-0.15, -0.1) is 0 Å². The first-order chi connectivity index (χ1) is 11.5. The van der Waals surface area contributed by atoms with Gasteiger partial charge < -0.3 is 10.3 Å². The summed E-state index contributed by atoms with van der Waals surface area (Å²) in [6, 6.07) is 13.3. The number of anilines is 1. The van der Waals surface area contributed by atoms with E-state index in [0.29, 0.717) is 29.6 Å². The van der Waals surface area contributed by atoms with E-state index >= 15 is 0 Å². The highest BCUT2D eigenvalue weighted by Crippen LogP contribution is 2.17. The molecular formula is C19H17FN2O2. The van der Waals surface area contributed by atoms with E-state index in [1.165, 1.54) is 12.1 Å². The van der Waals surface area contributed by atoms with Gasteiger partial charge in [0.1, 0.15) is 5.82 Å². The van der Waals surface area contributed by atoms with Crippen molar-refractivity contribution in [1.82, 2.24) is 4.98 Å². The highest BCUT2D eigenvalue weighted by Gasteiger charge is 2.05. The molecule has 24 heavy (non-hydrogen) atoms. The molecule has 0 aliphatic heterocycles. The first kappa shape index (κ1) is 15.9. The summed E-state index contributed by atoms with van der Waals surface area (Å²) in [5.74, 6) is -0.420. The molecule has 5 heteroatoms. The number of aryl methyl sites for hydroxylation is 2. The van der Waals surface area contributed by atoms with Crippen molar-refractivity contribution in [3.63, 3.8) is 0 Å². The van der Waals surface area contributed by atoms with Gasteiger partial charge in [-0.2, -0.15) is 0 Å². The topological polar surface area (TPSA) is 62.0 Å². The van der Waals surface area contributed by atoms with Crippen LogP contribution in [0.2, 0.25) is 0 Å². The zero-order valence-corrected chi connectivity index (χ0v) is 13.2. The smallest absolute Gasteiger partial charge is 0.251 e. The quantitative estimate of drug-likeness (QED) is 0.771. The van der Waals surface area contributed by atoms with Crippen molar-refractivity contribution < 1.29 is 9.18 Å². The van der Waals surface area contributed by atoms with Gasteiger partial charge in [0, 0.05) is 17.7 Å². The third-order valence-electron chi connectivity index (χ3n) is 3.87. The lowest BCUT2D eigenvalue weighted by Crippen LogP contribution is -2.13. The van der Waals surface area contributed by atoms with Crippen molar-refractivity contribution in [2.24, 2.45) is 0 Å². The van der Waals surface area contributed by atoms with Gasteiger partial charge in [-0.1, -0.05) is 18.2 Å². The number of carbonyl (C=O) groups is 1. The first-order valence-corrected chi connectivity index (χ1v) is 7.69. The van der Waals surface area contributed by atoms with E-state index in [-0.39, 0.29) is 17.3 Å². The molecule has 0 aliphatic carbocycles. The van der Waals surface area contributed by atoms with Gasteiger partial charge in [-0.05, 0) is 54.6 Å². The van der Waals surface area contributed by atoms with Crippen molar-refractivity contribution in [3.8, 4) is 0 Å². The number of halogens is 1. The Hall–Kier alpha value is -2.95. The van der Waals surface area contributed by atoms with E-state index in [1.807, 2.05) is 12.1 Å². The van der Waals surface area contributed by atoms with Crippen LogP contribution in [0.3, 0.4) is 0 Å². The third-order valence-corrected chi connectivity index (χ3v) is 3.87. The van der Waals surface area contributed by atoms with Crippen molar-refractivity contribution in [2.75, 3.05) is 5.32 Å². The molecule has 0 atom stereocenters. The molecule has 1 aromatic heterocycles. The minimum absolute atomic E-state index is 0.131. The van der Waals surface area contributed by atoms with Gasteiger partial charge in [-0.25, -0.2) is 4.39 Å². The van der Waals surface area contributed by atoms with Crippen molar-refractivity contribution in [2.45, 2.75) is 19.8 Å². The number of nitrogens with one attached hydrogen (secondary N) is 2. The van der Waals surface area contributed by atoms with Gasteiger partial charge >= 0.3 is 0 Å². The molecule has 0 fully saturated rings. The first-order valence-electron chi connectivity index (χ1n) is 7.69. The van der Waals surface area contributed by atoms with Gasteiger partial charge in [0.25, 0.3) is 5.56 Å². The molecular weight excluding hydrogens is 307 g/mol. The van der Waals surface area contributed by atoms with Gasteiger partial charge in [0.05, 0.1) is 5.52 Å². The van der Waals surface area contributed by atoms with Crippen LogP contribution < -0.4 is 10.9 Å². The van der Waals surface area contributed by atoms with Crippen molar-refractivity contribution in [1.29, 1.82) is 0 Å². The van der Waals surface area contributed by atoms with Crippen LogP contribution >= 0.6 is 0 Å². The van der Waals surface area contributed by atoms with Crippen molar-refractivity contribution >= 4 is 22.5 Å². The number of aromatic amines is 1. The molecule has 3 aromatic rings. The maximum Gasteiger partial charge on any atom is 0.251 e. The Balaban J connectivity index is 1.67. The molecule has 2 N–H and O–H groups in total. The molecule has 2 aromatic carbocycles. The fourth-order valence-electron chi connectivity index (χ4n) is 2.52. The Morgan fingerprint density at radius 1 is 1.12 bits per heavy atom. The summed E-state index contributed by atoms with van der Waals surface area (Å²) >= 11 is 0. The molecule has 1 amide bonds. The van der Waals surface area contributed by atoms with E-state index in [0.717, 1.165) is 10.9 Å². The zero-order chi connectivity index (χ0) is 17.1. The molecule has 0 spiro atoms. The molecule has 0 saturated carbocycles. The highest BCUT2D eigenvalue weighted by molar-refractivity contribution is 5.93. The minimum Gasteiger partial charge on any atom is -0.326 e. The Morgan fingerprint density at radius 2 is 1.88 bits per heavy atom. The maximum atomic E-state index is 12.8. The molecule has 0 saturated heterocycles. The number of hydrogen-bond donors (Lipinski definition) is 2. The van der Waals surface area contributed by atoms with Crippen LogP contribution in [0.1, 0.15) is 17.5 Å². The number of fused-ring (bicyclic) bond motifs is 1. The van der Waals surface area contributed by atoms with Crippen LogP contribution in [0.15, 0.2) is 53.3 Å². The second kappa shape index (κ2) is 6.66. The fourth-order valence-corrected chi connectivity index (χ4v) is 2.52. The molecule has 0 radical (unpaired) electrons. The Kier molecular flexibility index (Phi) is 4.42. The number of H-pyrrole nitrogens is 1. The summed E-state index contributed by atoms with van der Waals surface area (Å²) in [5.41, 5.74) is 2.73. The second-order valence-electron chi connectivity index (χ2n) is 5.76. The van der Waals surface area contributed by atoms with Crippen LogP contribution in [0.5, 0.6) is 0 Å². The van der Waals surface area contributed by atoms with Crippen molar-refractivity contribution in [3.05, 3.63) is 75.8 Å². The number of rotatable bonds is 4. The van der Waals surface area contributed by atoms with E-state index in [9.17, 15) is 14.0 Å². The lowest BCUT2D eigenvalue weighted by Gasteiger charge is -2.07. The third kappa shape index (κ3) is 3.68. The van der Waals surface area contributed by atoms with E-state index in [2.05, 4.69) is 10.3 Å². The van der Waals surface area contributed by atoms with E-state index in [4.69, 9.17) is 0 Å². The Morgan fingerprint density at radius 3 is 2.62 bits per heavy atom. The standard InChI is InChI=1S/C19H17FN2O2/c1-12-10-14-5-8-16(11-17(14)22-19(12)24)21-18(23)9-4-13-2-6-15(20)7-3-13/h2-3,5-8,10-11H,4,9H2,1H3,(H,21,23)(H,22,24). The van der Waals surface area contributed by atoms with Crippen LogP contribution in [0.4, 0.5) is 10.1 Å². The number of pyridine rings is 1. The predicted molar refractivity (Wildman–Crippen MR) is 92.7 cm³/mol. The van der Waals surface area contributed by atoms with Gasteiger partial charge in [0.2, 0.25) is 5.91 Å². The average molecular weight is 324 g/mol. The van der Waals surface area contributed by atoms with Crippen LogP contribution in [0.25, 0.3) is 10.9 Å². The summed E-state index contributed by atoms with van der Waals surface area (Å²) in [5, 5.41) is 3.73. The summed E-state index contributed by atoms with van der Waals surface area (Å²) < 4.78 is 12.8. The molecule has 1 heterocycles. The SMILES string of the molecule is Cc1cc2ccc(NC(=O)CCc3ccc(F)cc3)cc2[nH]c1=O. The zero-order valence-electron chi connectivity index (χ0n) is 13.2. The average Bonchev–Trinajstić information content (AvgIpc) is 2.56. The largest absolute Gasteiger partial charge is 0.326 e. The number of hydrogen-bond acceptors (Lipinski definition) is 2. The number of amides is 1. The predicted octanol–water partition coefficient (Wildman–Crippen LogP) is 3.55. The Labute approximate surface area is 138 Å². The summed E-state index contributed by atoms with van der Waals surface area (Å²) in [7, 11) is 0. The van der Waals surface area contributed by atoms with E-state index < -0.39 is 0 Å². The molecule has 4 nitrogen and oxygen atoms in total. The molecule has 0 bridgehead atoms. The number of carbonyl (C=O) groups excluding carboxylic acids is 1. The molecule has 122 valence electrons. The monoisotopic (exact) mass is 324 g/mol. The van der Waals surface area contributed by atoms with Crippen LogP contribution in [0, 0.1) is 12.7 Å². The van der Waals surface area contributed by atoms with E-state index in [1.54, 1.807) is 31.2 Å². The minimum atomic E-state index is -0.288. The maximum absolute atomic E-state index is 12.8. The summed E-state index contributed by atoms with van der Waals surface area (Å²) in [6.07, 6.45) is 0.837.